The van der Waals surface area contributed by atoms with Gasteiger partial charge in [-0.2, -0.15) is 0 Å². The first-order chi connectivity index (χ1) is 39.3. The summed E-state index contributed by atoms with van der Waals surface area (Å²) in [4.78, 5) is 30.0. The van der Waals surface area contributed by atoms with Gasteiger partial charge in [0, 0.05) is 49.2 Å². The van der Waals surface area contributed by atoms with E-state index >= 15 is 4.79 Å². The summed E-state index contributed by atoms with van der Waals surface area (Å²) >= 11 is 0. The van der Waals surface area contributed by atoms with Gasteiger partial charge in [0.15, 0.2) is 0 Å². The number of aromatic nitrogens is 2. The summed E-state index contributed by atoms with van der Waals surface area (Å²) in [6.45, 7) is 13.9. The van der Waals surface area contributed by atoms with Crippen LogP contribution in [0.2, 0.25) is 0 Å². The van der Waals surface area contributed by atoms with Crippen LogP contribution in [0.5, 0.6) is 0 Å². The monoisotopic (exact) mass is 1040 g/mol. The first-order valence-electron chi connectivity index (χ1n) is 28.3. The van der Waals surface area contributed by atoms with Crippen LogP contribution in [0.25, 0.3) is 121 Å². The molecule has 4 nitrogen and oxygen atoms in total. The Morgan fingerprint density at radius 1 is 0.272 bits per heavy atom. The van der Waals surface area contributed by atoms with Crippen molar-refractivity contribution in [3.8, 4) is 78.1 Å². The van der Waals surface area contributed by atoms with Gasteiger partial charge in [0.1, 0.15) is 0 Å². The first-order valence-corrected chi connectivity index (χ1v) is 28.3. The lowest BCUT2D eigenvalue weighted by molar-refractivity contribution is 0.659. The van der Waals surface area contributed by atoms with Crippen LogP contribution in [0, 0.1) is 0 Å². The maximum Gasteiger partial charge on any atom is 0.263 e. The molecule has 3 aliphatic carbocycles. The van der Waals surface area contributed by atoms with Crippen molar-refractivity contribution in [2.75, 3.05) is 0 Å². The highest BCUT2D eigenvalue weighted by Crippen LogP contribution is 2.56. The van der Waals surface area contributed by atoms with Gasteiger partial charge in [0.25, 0.3) is 11.1 Å². The number of hydrogen-bond donors (Lipinski definition) is 0. The molecule has 0 saturated heterocycles. The molecule has 11 aromatic carbocycles. The van der Waals surface area contributed by atoms with E-state index < -0.39 is 0 Å². The van der Waals surface area contributed by atoms with Crippen LogP contribution in [-0.2, 0) is 16.2 Å². The van der Waals surface area contributed by atoms with Gasteiger partial charge in [-0.15, -0.1) is 0 Å². The van der Waals surface area contributed by atoms with Crippen molar-refractivity contribution >= 4 is 43.4 Å². The molecule has 0 atom stereocenters. The Labute approximate surface area is 470 Å². The molecule has 16 rings (SSSR count). The molecular weight excluding hydrogens is 985 g/mol. The third-order valence-electron chi connectivity index (χ3n) is 19.0. The predicted molar refractivity (Wildman–Crippen MR) is 337 cm³/mol. The molecule has 0 fully saturated rings. The second-order valence-corrected chi connectivity index (χ2v) is 24.3. The van der Waals surface area contributed by atoms with Crippen LogP contribution in [0.1, 0.15) is 74.9 Å². The van der Waals surface area contributed by atoms with Gasteiger partial charge in [0.2, 0.25) is 0 Å². The van der Waals surface area contributed by atoms with E-state index in [2.05, 4.69) is 248 Å². The van der Waals surface area contributed by atoms with Crippen LogP contribution in [0.3, 0.4) is 0 Å². The summed E-state index contributed by atoms with van der Waals surface area (Å²) in [5.41, 5.74) is 24.2. The van der Waals surface area contributed by atoms with Crippen LogP contribution in [0.15, 0.2) is 240 Å². The number of benzene rings is 11. The van der Waals surface area contributed by atoms with Crippen LogP contribution < -0.4 is 11.1 Å². The van der Waals surface area contributed by atoms with Crippen LogP contribution >= 0.6 is 0 Å². The second kappa shape index (κ2) is 16.7. The zero-order valence-corrected chi connectivity index (χ0v) is 46.2. The zero-order valence-electron chi connectivity index (χ0n) is 46.2. The Morgan fingerprint density at radius 2 is 0.728 bits per heavy atom. The molecule has 2 aromatic heterocycles. The van der Waals surface area contributed by atoms with Crippen molar-refractivity contribution in [3.05, 3.63) is 285 Å². The van der Waals surface area contributed by atoms with E-state index in [1.54, 1.807) is 0 Å². The fraction of sp³-hybridized carbons (Fsp3) is 0.117. The maximum absolute atomic E-state index is 15.7. The zero-order chi connectivity index (χ0) is 54.8. The van der Waals surface area contributed by atoms with Gasteiger partial charge in [-0.3, -0.25) is 18.7 Å². The fourth-order valence-electron chi connectivity index (χ4n) is 14.8. The van der Waals surface area contributed by atoms with E-state index in [0.29, 0.717) is 5.39 Å². The van der Waals surface area contributed by atoms with E-state index in [-0.39, 0.29) is 27.4 Å². The predicted octanol–water partition coefficient (Wildman–Crippen LogP) is 18.5. The minimum absolute atomic E-state index is 0.00210. The van der Waals surface area contributed by atoms with Gasteiger partial charge in [-0.1, -0.05) is 205 Å². The highest BCUT2D eigenvalue weighted by Gasteiger charge is 2.41. The Bertz CT molecular complexity index is 5030. The number of fused-ring (bicyclic) bond motifs is 16. The van der Waals surface area contributed by atoms with E-state index in [1.807, 2.05) is 33.4 Å². The molecule has 0 aliphatic heterocycles. The Morgan fingerprint density at radius 3 is 1.47 bits per heavy atom. The Kier molecular flexibility index (Phi) is 9.77. The number of nitrogens with zero attached hydrogens (tertiary/aromatic N) is 2. The van der Waals surface area contributed by atoms with Crippen molar-refractivity contribution in [2.24, 2.45) is 0 Å². The molecule has 81 heavy (non-hydrogen) atoms. The lowest BCUT2D eigenvalue weighted by Crippen LogP contribution is -2.23. The average Bonchev–Trinajstić information content (AvgIpc) is 4.21. The largest absolute Gasteiger partial charge is 0.276 e. The van der Waals surface area contributed by atoms with Crippen LogP contribution in [0.4, 0.5) is 0 Å². The van der Waals surface area contributed by atoms with Gasteiger partial charge >= 0.3 is 0 Å². The maximum atomic E-state index is 15.7. The smallest absolute Gasteiger partial charge is 0.263 e. The lowest BCUT2D eigenvalue weighted by Gasteiger charge is -2.26. The number of pyridine rings is 2. The van der Waals surface area contributed by atoms with Crippen molar-refractivity contribution in [3.63, 3.8) is 0 Å². The summed E-state index contributed by atoms with van der Waals surface area (Å²) in [5, 5.41) is 5.57. The topological polar surface area (TPSA) is 44.0 Å². The summed E-state index contributed by atoms with van der Waals surface area (Å²) in [6.07, 6.45) is 0. The minimum atomic E-state index is -0.386. The van der Waals surface area contributed by atoms with E-state index in [9.17, 15) is 4.79 Å². The Hall–Kier alpha value is -9.64. The quantitative estimate of drug-likeness (QED) is 0.161. The van der Waals surface area contributed by atoms with Crippen molar-refractivity contribution in [1.29, 1.82) is 0 Å². The van der Waals surface area contributed by atoms with Crippen LogP contribution in [-0.4, -0.2) is 9.13 Å². The molecule has 3 aliphatic rings. The highest BCUT2D eigenvalue weighted by atomic mass is 16.1. The molecule has 0 bridgehead atoms. The highest BCUT2D eigenvalue weighted by molar-refractivity contribution is 6.14. The molecule has 0 radical (unpaired) electrons. The molecule has 4 heteroatoms. The third kappa shape index (κ3) is 6.59. The Balaban J connectivity index is 0.782. The van der Waals surface area contributed by atoms with Gasteiger partial charge in [0.05, 0.1) is 11.0 Å². The summed E-state index contributed by atoms with van der Waals surface area (Å²) in [7, 11) is 0. The first kappa shape index (κ1) is 47.4. The van der Waals surface area contributed by atoms with Crippen molar-refractivity contribution in [2.45, 2.75) is 57.8 Å². The molecule has 0 unspecified atom stereocenters. The SMILES string of the molecule is CC1(C)c2ccccc2-c2ccc(-n3c(=O)c4cc5c(cc4c4c6c(ccc43)-c3ccccc3C6(C)C)-c3ccc(-c4ccc(-c6ccc(-n7c(=O)c8ccccc8c8cc(-c9ccccc9)ccc87)cc6)cc4)cc3C5(C)C)cc21. The molecular formula is C77H56N2O2. The fourth-order valence-corrected chi connectivity index (χ4v) is 14.8. The summed E-state index contributed by atoms with van der Waals surface area (Å²) < 4.78 is 3.87. The molecule has 0 amide bonds. The molecule has 0 N–H and O–H groups in total. The minimum Gasteiger partial charge on any atom is -0.276 e. The van der Waals surface area contributed by atoms with Crippen molar-refractivity contribution in [1.82, 2.24) is 9.13 Å². The lowest BCUT2D eigenvalue weighted by atomic mass is 9.78. The molecule has 386 valence electrons. The van der Waals surface area contributed by atoms with E-state index in [1.165, 1.54) is 66.8 Å². The second-order valence-electron chi connectivity index (χ2n) is 24.3. The third-order valence-corrected chi connectivity index (χ3v) is 19.0. The van der Waals surface area contributed by atoms with E-state index in [0.717, 1.165) is 82.7 Å². The normalized spacial score (nSPS) is 14.7. The molecule has 2 heterocycles. The van der Waals surface area contributed by atoms with E-state index in [4.69, 9.17) is 0 Å². The van der Waals surface area contributed by atoms with Crippen molar-refractivity contribution < 1.29 is 0 Å². The van der Waals surface area contributed by atoms with Gasteiger partial charge < -0.3 is 0 Å². The molecule has 0 saturated carbocycles. The average molecular weight is 1040 g/mol. The summed E-state index contributed by atoms with van der Waals surface area (Å²) in [6, 6.07) is 82.1. The molecule has 13 aromatic rings. The molecule has 0 spiro atoms. The number of rotatable bonds is 5. The summed E-state index contributed by atoms with van der Waals surface area (Å²) in [5.74, 6) is 0. The van der Waals surface area contributed by atoms with Gasteiger partial charge in [-0.25, -0.2) is 0 Å². The number of hydrogen-bond acceptors (Lipinski definition) is 2. The van der Waals surface area contributed by atoms with Gasteiger partial charge in [-0.05, 0) is 178 Å². The standard InChI is InChI=1S/C77H56N2O2/c1-75(2)64-22-14-12-19-54(64)56-36-34-52(42-67(56)75)79-70-39-37-58-55-20-13-15-23-65(55)77(5,6)72(58)71(70)62-43-60-57-35-30-50(41-66(57)76(3,4)68(60)44-63(62)74(79)81)48-26-24-46(25-27-48)47-28-32-51(33-29-47)78-69-38-31-49(45-16-8-7-9-17-45)40-61(69)53-18-10-11-21-59(53)73(78)80/h7-44H,1-6H3.